The zero-order valence-electron chi connectivity index (χ0n) is 14.1. The monoisotopic (exact) mass is 318 g/mol. The fourth-order valence-corrected chi connectivity index (χ4v) is 2.71. The normalized spacial score (nSPS) is 10.4. The summed E-state index contributed by atoms with van der Waals surface area (Å²) in [6.07, 6.45) is 3.60. The van der Waals surface area contributed by atoms with Crippen molar-refractivity contribution in [3.05, 3.63) is 89.2 Å². The highest BCUT2D eigenvalue weighted by atomic mass is 16.5. The Hall–Kier alpha value is -2.81. The molecule has 0 amide bonds. The van der Waals surface area contributed by atoms with Crippen LogP contribution in [-0.4, -0.2) is 4.98 Å². The smallest absolute Gasteiger partial charge is 0.124 e. The standard InChI is InChI=1S/C21H22N2O/c1-16-10-17(2)12-20(11-16)23-14-19-7-3-4-8-21(19)24-15-18-6-5-9-22-13-18/h3-13,23H,14-15H2,1-2H3. The van der Waals surface area contributed by atoms with E-state index >= 15 is 0 Å². The number of aryl methyl sites for hydroxylation is 2. The molecule has 0 aliphatic heterocycles. The molecule has 1 N–H and O–H groups in total. The molecule has 0 aliphatic carbocycles. The molecule has 3 aromatic rings. The second-order valence-electron chi connectivity index (χ2n) is 5.99. The predicted octanol–water partition coefficient (Wildman–Crippen LogP) is 4.89. The van der Waals surface area contributed by atoms with Crippen molar-refractivity contribution in [1.82, 2.24) is 4.98 Å². The molecule has 0 aliphatic rings. The first-order valence-corrected chi connectivity index (χ1v) is 8.12. The molecule has 24 heavy (non-hydrogen) atoms. The average Bonchev–Trinajstić information content (AvgIpc) is 2.59. The summed E-state index contributed by atoms with van der Waals surface area (Å²) in [7, 11) is 0. The molecule has 122 valence electrons. The van der Waals surface area contributed by atoms with E-state index in [0.29, 0.717) is 6.61 Å². The summed E-state index contributed by atoms with van der Waals surface area (Å²) in [5.74, 6) is 0.901. The highest BCUT2D eigenvalue weighted by Gasteiger charge is 2.04. The molecule has 2 aromatic carbocycles. The minimum absolute atomic E-state index is 0.522. The van der Waals surface area contributed by atoms with Crippen LogP contribution in [-0.2, 0) is 13.2 Å². The van der Waals surface area contributed by atoms with E-state index in [0.717, 1.165) is 29.1 Å². The van der Waals surface area contributed by atoms with Gasteiger partial charge in [0.15, 0.2) is 0 Å². The lowest BCUT2D eigenvalue weighted by molar-refractivity contribution is 0.303. The highest BCUT2D eigenvalue weighted by Crippen LogP contribution is 2.21. The van der Waals surface area contributed by atoms with Gasteiger partial charge < -0.3 is 10.1 Å². The molecule has 0 saturated carbocycles. The topological polar surface area (TPSA) is 34.1 Å². The Morgan fingerprint density at radius 2 is 1.75 bits per heavy atom. The van der Waals surface area contributed by atoms with Gasteiger partial charge in [0, 0.05) is 35.8 Å². The number of rotatable bonds is 6. The highest BCUT2D eigenvalue weighted by molar-refractivity contribution is 5.49. The van der Waals surface area contributed by atoms with Gasteiger partial charge in [-0.2, -0.15) is 0 Å². The van der Waals surface area contributed by atoms with Crippen molar-refractivity contribution >= 4 is 5.69 Å². The number of para-hydroxylation sites is 1. The van der Waals surface area contributed by atoms with Gasteiger partial charge >= 0.3 is 0 Å². The van der Waals surface area contributed by atoms with Gasteiger partial charge in [0.05, 0.1) is 0 Å². The first kappa shape index (κ1) is 16.1. The Morgan fingerprint density at radius 1 is 0.958 bits per heavy atom. The summed E-state index contributed by atoms with van der Waals surface area (Å²) in [5.41, 5.74) is 5.86. The summed E-state index contributed by atoms with van der Waals surface area (Å²) in [6.45, 7) is 5.48. The maximum Gasteiger partial charge on any atom is 0.124 e. The van der Waals surface area contributed by atoms with Crippen LogP contribution in [0, 0.1) is 13.8 Å². The third-order valence-electron chi connectivity index (χ3n) is 3.79. The van der Waals surface area contributed by atoms with Crippen molar-refractivity contribution in [2.75, 3.05) is 5.32 Å². The lowest BCUT2D eigenvalue weighted by atomic mass is 10.1. The van der Waals surface area contributed by atoms with E-state index in [1.807, 2.05) is 36.5 Å². The number of nitrogens with zero attached hydrogens (tertiary/aromatic N) is 1. The van der Waals surface area contributed by atoms with Crippen LogP contribution in [0.5, 0.6) is 5.75 Å². The molecule has 0 unspecified atom stereocenters. The molecule has 1 aromatic heterocycles. The van der Waals surface area contributed by atoms with Crippen LogP contribution in [0.25, 0.3) is 0 Å². The second kappa shape index (κ2) is 7.64. The van der Waals surface area contributed by atoms with E-state index in [9.17, 15) is 0 Å². The van der Waals surface area contributed by atoms with Crippen LogP contribution in [0.3, 0.4) is 0 Å². The largest absolute Gasteiger partial charge is 0.488 e. The second-order valence-corrected chi connectivity index (χ2v) is 5.99. The van der Waals surface area contributed by atoms with Crippen molar-refractivity contribution in [2.24, 2.45) is 0 Å². The number of nitrogens with one attached hydrogen (secondary N) is 1. The molecule has 0 fully saturated rings. The number of hydrogen-bond acceptors (Lipinski definition) is 3. The molecule has 0 radical (unpaired) electrons. The first-order chi connectivity index (χ1) is 11.7. The third kappa shape index (κ3) is 4.35. The van der Waals surface area contributed by atoms with E-state index in [2.05, 4.69) is 48.4 Å². The van der Waals surface area contributed by atoms with Crippen LogP contribution < -0.4 is 10.1 Å². The Morgan fingerprint density at radius 3 is 2.50 bits per heavy atom. The SMILES string of the molecule is Cc1cc(C)cc(NCc2ccccc2OCc2cccnc2)c1. The molecule has 0 bridgehead atoms. The summed E-state index contributed by atoms with van der Waals surface area (Å²) in [4.78, 5) is 4.12. The van der Waals surface area contributed by atoms with Crippen molar-refractivity contribution in [1.29, 1.82) is 0 Å². The van der Waals surface area contributed by atoms with E-state index < -0.39 is 0 Å². The molecule has 0 spiro atoms. The third-order valence-corrected chi connectivity index (χ3v) is 3.79. The number of benzene rings is 2. The Balaban J connectivity index is 1.67. The van der Waals surface area contributed by atoms with Gasteiger partial charge in [0.1, 0.15) is 12.4 Å². The van der Waals surface area contributed by atoms with Gasteiger partial charge in [-0.15, -0.1) is 0 Å². The van der Waals surface area contributed by atoms with E-state index in [-0.39, 0.29) is 0 Å². The van der Waals surface area contributed by atoms with Crippen LogP contribution in [0.4, 0.5) is 5.69 Å². The number of ether oxygens (including phenoxy) is 1. The van der Waals surface area contributed by atoms with Crippen LogP contribution >= 0.6 is 0 Å². The number of hydrogen-bond donors (Lipinski definition) is 1. The lowest BCUT2D eigenvalue weighted by Gasteiger charge is -2.13. The van der Waals surface area contributed by atoms with Crippen LogP contribution in [0.1, 0.15) is 22.3 Å². The number of anilines is 1. The summed E-state index contributed by atoms with van der Waals surface area (Å²) >= 11 is 0. The first-order valence-electron chi connectivity index (χ1n) is 8.12. The molecule has 0 saturated heterocycles. The maximum absolute atomic E-state index is 5.98. The van der Waals surface area contributed by atoms with Gasteiger partial charge in [-0.05, 0) is 49.2 Å². The van der Waals surface area contributed by atoms with Crippen LogP contribution in [0.15, 0.2) is 67.0 Å². The summed E-state index contributed by atoms with van der Waals surface area (Å²) < 4.78 is 5.98. The zero-order valence-corrected chi connectivity index (χ0v) is 14.1. The lowest BCUT2D eigenvalue weighted by Crippen LogP contribution is -2.04. The molecule has 1 heterocycles. The predicted molar refractivity (Wildman–Crippen MR) is 98.3 cm³/mol. The molecule has 3 heteroatoms. The Labute approximate surface area is 143 Å². The summed E-state index contributed by atoms with van der Waals surface area (Å²) in [6, 6.07) is 18.6. The number of aromatic nitrogens is 1. The van der Waals surface area contributed by atoms with Gasteiger partial charge in [0.2, 0.25) is 0 Å². The van der Waals surface area contributed by atoms with Gasteiger partial charge in [-0.1, -0.05) is 30.3 Å². The Kier molecular flexibility index (Phi) is 5.12. The van der Waals surface area contributed by atoms with E-state index in [4.69, 9.17) is 4.74 Å². The van der Waals surface area contributed by atoms with Gasteiger partial charge in [-0.3, -0.25) is 4.98 Å². The summed E-state index contributed by atoms with van der Waals surface area (Å²) in [5, 5.41) is 3.49. The Bertz CT molecular complexity index is 780. The van der Waals surface area contributed by atoms with E-state index in [1.165, 1.54) is 11.1 Å². The molecule has 3 rings (SSSR count). The fraction of sp³-hybridized carbons (Fsp3) is 0.190. The van der Waals surface area contributed by atoms with Crippen molar-refractivity contribution < 1.29 is 4.74 Å². The van der Waals surface area contributed by atoms with Gasteiger partial charge in [-0.25, -0.2) is 0 Å². The maximum atomic E-state index is 5.98. The van der Waals surface area contributed by atoms with Crippen LogP contribution in [0.2, 0.25) is 0 Å². The van der Waals surface area contributed by atoms with Gasteiger partial charge in [0.25, 0.3) is 0 Å². The van der Waals surface area contributed by atoms with Crippen molar-refractivity contribution in [2.45, 2.75) is 27.0 Å². The molecular formula is C21H22N2O. The minimum Gasteiger partial charge on any atom is -0.488 e. The quantitative estimate of drug-likeness (QED) is 0.702. The minimum atomic E-state index is 0.522. The van der Waals surface area contributed by atoms with E-state index in [1.54, 1.807) is 6.20 Å². The average molecular weight is 318 g/mol. The number of pyridine rings is 1. The van der Waals surface area contributed by atoms with Crippen molar-refractivity contribution in [3.8, 4) is 5.75 Å². The molecule has 3 nitrogen and oxygen atoms in total. The molecule has 0 atom stereocenters. The fourth-order valence-electron chi connectivity index (χ4n) is 2.71. The zero-order chi connectivity index (χ0) is 16.8. The molecular weight excluding hydrogens is 296 g/mol. The van der Waals surface area contributed by atoms with Crippen molar-refractivity contribution in [3.63, 3.8) is 0 Å².